The SMILES string of the molecule is C.C.C.C.C.C.C=CC(=O)OCc1cccc(C[Si](C)(C)O[Si](C)(CCCOCCOC)O[Si](C)(C)Cc2cccc(COC(=O)C=C)c2)c1. The van der Waals surface area contributed by atoms with E-state index < -0.39 is 37.1 Å². The lowest BCUT2D eigenvalue weighted by Crippen LogP contribution is -2.55. The molecule has 0 bridgehead atoms. The van der Waals surface area contributed by atoms with Crippen LogP contribution in [0.4, 0.5) is 0 Å². The van der Waals surface area contributed by atoms with Gasteiger partial charge in [-0.3, -0.25) is 0 Å². The third kappa shape index (κ3) is 22.9. The lowest BCUT2D eigenvalue weighted by atomic mass is 10.1. The predicted octanol–water partition coefficient (Wildman–Crippen LogP) is 10.4. The van der Waals surface area contributed by atoms with Gasteiger partial charge in [-0.05, 0) is 79.5 Å². The molecule has 8 nitrogen and oxygen atoms in total. The van der Waals surface area contributed by atoms with Gasteiger partial charge in [-0.25, -0.2) is 9.59 Å². The van der Waals surface area contributed by atoms with Gasteiger partial charge in [-0.2, -0.15) is 0 Å². The molecule has 0 radical (unpaired) electrons. The van der Waals surface area contributed by atoms with Crippen molar-refractivity contribution in [3.63, 3.8) is 0 Å². The average molecular weight is 755 g/mol. The van der Waals surface area contributed by atoms with Gasteiger partial charge in [0, 0.05) is 25.9 Å². The highest BCUT2D eigenvalue weighted by atomic mass is 28.5. The first-order valence-electron chi connectivity index (χ1n) is 15.0. The van der Waals surface area contributed by atoms with Crippen LogP contribution in [0.1, 0.15) is 73.2 Å². The molecule has 50 heavy (non-hydrogen) atoms. The molecular formula is C39H74O8Si3. The van der Waals surface area contributed by atoms with Crippen LogP contribution in [-0.4, -0.2) is 64.1 Å². The standard InChI is InChI=1S/C33H50O8Si3.6CH4/c1-9-32(34)38-24-28-14-11-16-30(22-28)26-42(4,5)40-44(8,21-13-18-37-20-19-36-3)41-43(6,7)27-31-17-12-15-29(23-31)25-39-33(35)10-2;;;;;;/h9-12,14-17,22-23H,1-2,13,18-21,24-27H2,3-8H3;6*1H4. The Labute approximate surface area is 311 Å². The summed E-state index contributed by atoms with van der Waals surface area (Å²) in [5.41, 5.74) is 4.17. The molecule has 0 saturated carbocycles. The van der Waals surface area contributed by atoms with Crippen molar-refractivity contribution in [1.82, 2.24) is 0 Å². The third-order valence-corrected chi connectivity index (χ3v) is 18.3. The van der Waals surface area contributed by atoms with Crippen LogP contribution in [0, 0.1) is 0 Å². The van der Waals surface area contributed by atoms with Crippen molar-refractivity contribution in [2.75, 3.05) is 26.9 Å². The fourth-order valence-electron chi connectivity index (χ4n) is 5.17. The maximum absolute atomic E-state index is 11.5. The molecule has 290 valence electrons. The Morgan fingerprint density at radius 2 is 1.04 bits per heavy atom. The fourth-order valence-corrected chi connectivity index (χ4v) is 19.7. The molecule has 0 aliphatic heterocycles. The van der Waals surface area contributed by atoms with Gasteiger partial charge in [-0.15, -0.1) is 0 Å². The molecule has 0 aliphatic rings. The van der Waals surface area contributed by atoms with E-state index >= 15 is 0 Å². The van der Waals surface area contributed by atoms with Crippen molar-refractivity contribution < 1.29 is 36.8 Å². The molecule has 0 amide bonds. The molecule has 0 aromatic heterocycles. The van der Waals surface area contributed by atoms with Gasteiger partial charge in [0.25, 0.3) is 0 Å². The maximum atomic E-state index is 11.5. The number of rotatable bonds is 21. The third-order valence-electron chi connectivity index (χ3n) is 6.67. The van der Waals surface area contributed by atoms with E-state index in [2.05, 4.69) is 70.2 Å². The van der Waals surface area contributed by atoms with E-state index in [-0.39, 0.29) is 57.8 Å². The van der Waals surface area contributed by atoms with Crippen LogP contribution in [0.2, 0.25) is 38.8 Å². The van der Waals surface area contributed by atoms with E-state index in [1.54, 1.807) is 7.11 Å². The minimum atomic E-state index is -2.64. The lowest BCUT2D eigenvalue weighted by molar-refractivity contribution is -0.139. The number of hydrogen-bond donors (Lipinski definition) is 0. The summed E-state index contributed by atoms with van der Waals surface area (Å²) < 4.78 is 35.6. The Bertz CT molecular complexity index is 1150. The average Bonchev–Trinajstić information content (AvgIpc) is 2.95. The first-order chi connectivity index (χ1) is 20.8. The molecule has 0 saturated heterocycles. The van der Waals surface area contributed by atoms with Crippen molar-refractivity contribution in [2.45, 2.75) is 115 Å². The first kappa shape index (κ1) is 56.7. The second kappa shape index (κ2) is 28.0. The normalized spacial score (nSPS) is 10.6. The van der Waals surface area contributed by atoms with Crippen molar-refractivity contribution in [2.24, 2.45) is 0 Å². The molecule has 0 N–H and O–H groups in total. The molecule has 2 aromatic carbocycles. The summed E-state index contributed by atoms with van der Waals surface area (Å²) >= 11 is 0. The molecule has 0 atom stereocenters. The van der Waals surface area contributed by atoms with Gasteiger partial charge in [0.2, 0.25) is 0 Å². The quantitative estimate of drug-likeness (QED) is 0.0539. The second-order valence-electron chi connectivity index (χ2n) is 12.2. The fraction of sp³-hybridized carbons (Fsp3) is 0.538. The molecule has 11 heteroatoms. The summed E-state index contributed by atoms with van der Waals surface area (Å²) in [6.07, 6.45) is 3.18. The van der Waals surface area contributed by atoms with Crippen molar-refractivity contribution in [1.29, 1.82) is 0 Å². The van der Waals surface area contributed by atoms with Crippen molar-refractivity contribution >= 4 is 37.1 Å². The number of hydrogen-bond acceptors (Lipinski definition) is 8. The number of ether oxygens (including phenoxy) is 4. The zero-order chi connectivity index (χ0) is 32.6. The molecule has 0 aliphatic carbocycles. The van der Waals surface area contributed by atoms with E-state index in [9.17, 15) is 9.59 Å². The second-order valence-corrected chi connectivity index (χ2v) is 24.3. The molecular weight excluding hydrogens is 681 g/mol. The topological polar surface area (TPSA) is 89.5 Å². The van der Waals surface area contributed by atoms with Crippen LogP contribution in [0.25, 0.3) is 0 Å². The molecule has 0 heterocycles. The highest BCUT2D eigenvalue weighted by Crippen LogP contribution is 2.29. The molecule has 2 aromatic rings. The van der Waals surface area contributed by atoms with Crippen LogP contribution in [0.15, 0.2) is 73.8 Å². The van der Waals surface area contributed by atoms with Crippen molar-refractivity contribution in [3.05, 3.63) is 96.1 Å². The van der Waals surface area contributed by atoms with Gasteiger partial charge in [-0.1, -0.05) is 106 Å². The summed E-state index contributed by atoms with van der Waals surface area (Å²) in [6, 6.07) is 18.7. The zero-order valence-corrected chi connectivity index (χ0v) is 30.3. The minimum Gasteiger partial charge on any atom is -0.458 e. The molecule has 0 fully saturated rings. The van der Waals surface area contributed by atoms with Crippen LogP contribution >= 0.6 is 0 Å². The van der Waals surface area contributed by atoms with Gasteiger partial charge in [0.1, 0.15) is 13.2 Å². The Morgan fingerprint density at radius 1 is 0.640 bits per heavy atom. The molecule has 2 rings (SSSR count). The number of carbonyl (C=O) groups is 2. The van der Waals surface area contributed by atoms with E-state index in [4.69, 9.17) is 27.2 Å². The van der Waals surface area contributed by atoms with Crippen LogP contribution < -0.4 is 0 Å². The van der Waals surface area contributed by atoms with Gasteiger partial charge in [0.15, 0.2) is 16.6 Å². The van der Waals surface area contributed by atoms with E-state index in [1.807, 2.05) is 24.3 Å². The first-order valence-corrected chi connectivity index (χ1v) is 23.8. The Morgan fingerprint density at radius 3 is 1.42 bits per heavy atom. The Hall–Kier alpha value is -2.65. The number of benzene rings is 2. The molecule has 0 spiro atoms. The lowest BCUT2D eigenvalue weighted by Gasteiger charge is -2.41. The largest absolute Gasteiger partial charge is 0.458 e. The Balaban J connectivity index is -0.00000112. The summed E-state index contributed by atoms with van der Waals surface area (Å²) in [5, 5.41) is 0. The minimum absolute atomic E-state index is 0. The number of methoxy groups -OCH3 is 1. The smallest absolute Gasteiger partial charge is 0.330 e. The van der Waals surface area contributed by atoms with Crippen LogP contribution in [0.5, 0.6) is 0 Å². The van der Waals surface area contributed by atoms with Crippen molar-refractivity contribution in [3.8, 4) is 0 Å². The zero-order valence-electron chi connectivity index (χ0n) is 27.3. The maximum Gasteiger partial charge on any atom is 0.330 e. The predicted molar refractivity (Wildman–Crippen MR) is 222 cm³/mol. The van der Waals surface area contributed by atoms with Gasteiger partial charge >= 0.3 is 20.5 Å². The summed E-state index contributed by atoms with van der Waals surface area (Å²) in [7, 11) is -5.46. The summed E-state index contributed by atoms with van der Waals surface area (Å²) in [5.74, 6) is -0.874. The van der Waals surface area contributed by atoms with E-state index in [1.165, 1.54) is 12.2 Å². The van der Waals surface area contributed by atoms with Gasteiger partial charge < -0.3 is 27.2 Å². The summed E-state index contributed by atoms with van der Waals surface area (Å²) in [4.78, 5) is 23.1. The highest BCUT2D eigenvalue weighted by molar-refractivity contribution is 6.88. The monoisotopic (exact) mass is 754 g/mol. The summed E-state index contributed by atoms with van der Waals surface area (Å²) in [6.45, 7) is 20.2. The van der Waals surface area contributed by atoms with Gasteiger partial charge in [0.05, 0.1) is 13.2 Å². The number of esters is 2. The van der Waals surface area contributed by atoms with Crippen LogP contribution in [0.3, 0.4) is 0 Å². The number of carbonyl (C=O) groups excluding carboxylic acids is 2. The highest BCUT2D eigenvalue weighted by Gasteiger charge is 2.43. The van der Waals surface area contributed by atoms with E-state index in [0.717, 1.165) is 46.8 Å². The Kier molecular flexibility index (Phi) is 31.8. The van der Waals surface area contributed by atoms with E-state index in [0.29, 0.717) is 19.8 Å². The molecule has 0 unspecified atom stereocenters. The van der Waals surface area contributed by atoms with Crippen LogP contribution in [-0.2, 0) is 62.1 Å².